The van der Waals surface area contributed by atoms with Crippen molar-refractivity contribution >= 4 is 0 Å². The quantitative estimate of drug-likeness (QED) is 0.625. The highest BCUT2D eigenvalue weighted by Gasteiger charge is 2.18. The third-order valence-electron chi connectivity index (χ3n) is 2.31. The number of hydrogen-bond donors (Lipinski definition) is 1. The highest BCUT2D eigenvalue weighted by Crippen LogP contribution is 2.26. The van der Waals surface area contributed by atoms with Crippen molar-refractivity contribution in [2.75, 3.05) is 26.7 Å². The zero-order valence-electron chi connectivity index (χ0n) is 6.84. The van der Waals surface area contributed by atoms with E-state index in [0.717, 1.165) is 19.0 Å². The van der Waals surface area contributed by atoms with E-state index >= 15 is 0 Å². The number of hydrogen-bond acceptors (Lipinski definition) is 2. The molecule has 1 rings (SSSR count). The van der Waals surface area contributed by atoms with Crippen molar-refractivity contribution in [2.24, 2.45) is 11.7 Å². The van der Waals surface area contributed by atoms with Crippen LogP contribution in [0.15, 0.2) is 0 Å². The molecule has 0 amide bonds. The van der Waals surface area contributed by atoms with Crippen LogP contribution in [0.2, 0.25) is 0 Å². The summed E-state index contributed by atoms with van der Waals surface area (Å²) in [6.45, 7) is 3.11. The molecule has 0 saturated heterocycles. The van der Waals surface area contributed by atoms with Crippen LogP contribution in [0.3, 0.4) is 0 Å². The van der Waals surface area contributed by atoms with Crippen LogP contribution in [-0.2, 0) is 0 Å². The fourth-order valence-electron chi connectivity index (χ4n) is 1.43. The molecule has 1 aliphatic rings. The average molecular weight is 142 g/mol. The van der Waals surface area contributed by atoms with Gasteiger partial charge in [-0.25, -0.2) is 0 Å². The van der Waals surface area contributed by atoms with Crippen LogP contribution in [0.1, 0.15) is 19.3 Å². The van der Waals surface area contributed by atoms with E-state index < -0.39 is 0 Å². The molecule has 2 N–H and O–H groups in total. The van der Waals surface area contributed by atoms with Crippen LogP contribution in [0.4, 0.5) is 0 Å². The van der Waals surface area contributed by atoms with Gasteiger partial charge in [-0.3, -0.25) is 0 Å². The Morgan fingerprint density at radius 3 is 2.60 bits per heavy atom. The van der Waals surface area contributed by atoms with E-state index in [-0.39, 0.29) is 0 Å². The highest BCUT2D eigenvalue weighted by molar-refractivity contribution is 4.72. The predicted octanol–water partition coefficient (Wildman–Crippen LogP) is 0.677. The molecule has 10 heavy (non-hydrogen) atoms. The van der Waals surface area contributed by atoms with E-state index in [2.05, 4.69) is 11.9 Å². The Hall–Kier alpha value is -0.0800. The molecule has 0 spiro atoms. The van der Waals surface area contributed by atoms with Crippen LogP contribution in [0.5, 0.6) is 0 Å². The molecule has 1 aliphatic carbocycles. The number of nitrogens with two attached hydrogens (primary N) is 1. The third-order valence-corrected chi connectivity index (χ3v) is 2.31. The summed E-state index contributed by atoms with van der Waals surface area (Å²) in [7, 11) is 2.16. The first-order chi connectivity index (χ1) is 4.83. The summed E-state index contributed by atoms with van der Waals surface area (Å²) in [4.78, 5) is 2.34. The Morgan fingerprint density at radius 1 is 1.50 bits per heavy atom. The minimum atomic E-state index is 0.795. The predicted molar refractivity (Wildman–Crippen MR) is 43.9 cm³/mol. The molecule has 60 valence electrons. The fraction of sp³-hybridized carbons (Fsp3) is 1.00. The Labute approximate surface area is 63.4 Å². The average Bonchev–Trinajstić information content (AvgIpc) is 1.80. The molecule has 0 aromatic rings. The van der Waals surface area contributed by atoms with Gasteiger partial charge in [-0.2, -0.15) is 0 Å². The van der Waals surface area contributed by atoms with Crippen LogP contribution < -0.4 is 5.73 Å². The largest absolute Gasteiger partial charge is 0.329 e. The van der Waals surface area contributed by atoms with E-state index in [4.69, 9.17) is 5.73 Å². The van der Waals surface area contributed by atoms with Gasteiger partial charge in [0, 0.05) is 19.6 Å². The maximum Gasteiger partial charge on any atom is 0.0102 e. The minimum Gasteiger partial charge on any atom is -0.329 e. The number of nitrogens with zero attached hydrogens (tertiary/aromatic N) is 1. The first-order valence-corrected chi connectivity index (χ1v) is 4.21. The van der Waals surface area contributed by atoms with Crippen molar-refractivity contribution in [1.29, 1.82) is 0 Å². The van der Waals surface area contributed by atoms with Gasteiger partial charge in [-0.05, 0) is 25.8 Å². The summed E-state index contributed by atoms with van der Waals surface area (Å²) in [5, 5.41) is 0. The van der Waals surface area contributed by atoms with Gasteiger partial charge in [0.05, 0.1) is 0 Å². The molecule has 0 bridgehead atoms. The number of rotatable bonds is 4. The SMILES string of the molecule is CN(CCN)CC1CCC1. The lowest BCUT2D eigenvalue weighted by Crippen LogP contribution is -2.32. The Morgan fingerprint density at radius 2 is 2.20 bits per heavy atom. The summed E-state index contributed by atoms with van der Waals surface area (Å²) in [5.74, 6) is 0.983. The third kappa shape index (κ3) is 2.27. The van der Waals surface area contributed by atoms with Crippen molar-refractivity contribution in [3.8, 4) is 0 Å². The smallest absolute Gasteiger partial charge is 0.0102 e. The van der Waals surface area contributed by atoms with Crippen LogP contribution >= 0.6 is 0 Å². The van der Waals surface area contributed by atoms with Gasteiger partial charge in [-0.1, -0.05) is 6.42 Å². The van der Waals surface area contributed by atoms with Gasteiger partial charge in [0.1, 0.15) is 0 Å². The maximum atomic E-state index is 5.42. The molecule has 0 heterocycles. The second kappa shape index (κ2) is 3.94. The van der Waals surface area contributed by atoms with Crippen molar-refractivity contribution < 1.29 is 0 Å². The summed E-state index contributed by atoms with van der Waals surface area (Å²) in [5.41, 5.74) is 5.42. The lowest BCUT2D eigenvalue weighted by molar-refractivity contribution is 0.209. The maximum absolute atomic E-state index is 5.42. The fourth-order valence-corrected chi connectivity index (χ4v) is 1.43. The minimum absolute atomic E-state index is 0.795. The van der Waals surface area contributed by atoms with Crippen molar-refractivity contribution in [2.45, 2.75) is 19.3 Å². The Bertz CT molecular complexity index is 89.3. The summed E-state index contributed by atoms with van der Waals surface area (Å²) < 4.78 is 0. The van der Waals surface area contributed by atoms with Crippen molar-refractivity contribution in [3.63, 3.8) is 0 Å². The summed E-state index contributed by atoms with van der Waals surface area (Å²) >= 11 is 0. The Balaban J connectivity index is 1.99. The van der Waals surface area contributed by atoms with Gasteiger partial charge in [0.25, 0.3) is 0 Å². The highest BCUT2D eigenvalue weighted by atomic mass is 15.1. The zero-order valence-corrected chi connectivity index (χ0v) is 6.84. The molecular weight excluding hydrogens is 124 g/mol. The molecule has 0 atom stereocenters. The molecule has 2 nitrogen and oxygen atoms in total. The molecule has 2 heteroatoms. The lowest BCUT2D eigenvalue weighted by Gasteiger charge is -2.29. The lowest BCUT2D eigenvalue weighted by atomic mass is 9.85. The molecule has 0 unspecified atom stereocenters. The monoisotopic (exact) mass is 142 g/mol. The summed E-state index contributed by atoms with van der Waals surface area (Å²) in [6.07, 6.45) is 4.32. The topological polar surface area (TPSA) is 29.3 Å². The standard InChI is InChI=1S/C8H18N2/c1-10(6-5-9)7-8-3-2-4-8/h8H,2-7,9H2,1H3. The summed E-state index contributed by atoms with van der Waals surface area (Å²) in [6, 6.07) is 0. The second-order valence-corrected chi connectivity index (χ2v) is 3.35. The van der Waals surface area contributed by atoms with Crippen molar-refractivity contribution in [3.05, 3.63) is 0 Å². The van der Waals surface area contributed by atoms with Crippen LogP contribution in [0, 0.1) is 5.92 Å². The van der Waals surface area contributed by atoms with Gasteiger partial charge in [0.2, 0.25) is 0 Å². The first kappa shape index (κ1) is 8.02. The first-order valence-electron chi connectivity index (χ1n) is 4.21. The van der Waals surface area contributed by atoms with Crippen LogP contribution in [0.25, 0.3) is 0 Å². The van der Waals surface area contributed by atoms with Gasteiger partial charge in [-0.15, -0.1) is 0 Å². The van der Waals surface area contributed by atoms with E-state index in [1.807, 2.05) is 0 Å². The molecule has 1 fully saturated rings. The van der Waals surface area contributed by atoms with E-state index in [0.29, 0.717) is 0 Å². The van der Waals surface area contributed by atoms with Crippen LogP contribution in [-0.4, -0.2) is 31.6 Å². The zero-order chi connectivity index (χ0) is 7.40. The molecule has 0 aromatic heterocycles. The molecule has 0 aromatic carbocycles. The second-order valence-electron chi connectivity index (χ2n) is 3.35. The number of likely N-dealkylation sites (N-methyl/N-ethyl adjacent to an activating group) is 1. The molecule has 1 saturated carbocycles. The van der Waals surface area contributed by atoms with Gasteiger partial charge >= 0.3 is 0 Å². The molecule has 0 radical (unpaired) electrons. The van der Waals surface area contributed by atoms with E-state index in [1.54, 1.807) is 0 Å². The Kier molecular flexibility index (Phi) is 3.16. The van der Waals surface area contributed by atoms with E-state index in [1.165, 1.54) is 25.8 Å². The van der Waals surface area contributed by atoms with Gasteiger partial charge < -0.3 is 10.6 Å². The molecule has 0 aliphatic heterocycles. The normalized spacial score (nSPS) is 19.5. The van der Waals surface area contributed by atoms with Gasteiger partial charge in [0.15, 0.2) is 0 Å². The molecular formula is C8H18N2. The van der Waals surface area contributed by atoms with E-state index in [9.17, 15) is 0 Å². The van der Waals surface area contributed by atoms with Crippen molar-refractivity contribution in [1.82, 2.24) is 4.90 Å².